The van der Waals surface area contributed by atoms with E-state index in [4.69, 9.17) is 9.47 Å². The summed E-state index contributed by atoms with van der Waals surface area (Å²) in [6.07, 6.45) is 6.19. The summed E-state index contributed by atoms with van der Waals surface area (Å²) in [5, 5.41) is 8.32. The number of nitrogens with zero attached hydrogens (tertiary/aromatic N) is 4. The van der Waals surface area contributed by atoms with Crippen LogP contribution < -0.4 is 0 Å². The van der Waals surface area contributed by atoms with E-state index in [2.05, 4.69) is 16.8 Å². The average molecular weight is 425 g/mol. The van der Waals surface area contributed by atoms with Crippen molar-refractivity contribution in [3.05, 3.63) is 66.4 Å². The Morgan fingerprint density at radius 2 is 1.94 bits per heavy atom. The number of carbonyl (C=O) groups excluding carboxylic acids is 2. The number of amides is 1. The van der Waals surface area contributed by atoms with Gasteiger partial charge in [0.25, 0.3) is 5.91 Å². The predicted molar refractivity (Wildman–Crippen MR) is 115 cm³/mol. The Kier molecular flexibility index (Phi) is 7.23. The van der Waals surface area contributed by atoms with Crippen molar-refractivity contribution in [2.75, 3.05) is 13.2 Å². The summed E-state index contributed by atoms with van der Waals surface area (Å²) in [6.45, 7) is 10.2. The van der Waals surface area contributed by atoms with Crippen molar-refractivity contribution in [1.29, 1.82) is 0 Å². The normalized spacial score (nSPS) is 19.1. The van der Waals surface area contributed by atoms with Gasteiger partial charge in [-0.1, -0.05) is 18.7 Å². The third-order valence-corrected chi connectivity index (χ3v) is 5.35. The highest BCUT2D eigenvalue weighted by molar-refractivity contribution is 5.98. The minimum absolute atomic E-state index is 0.0404. The number of ether oxygens (including phenoxy) is 2. The van der Waals surface area contributed by atoms with Crippen LogP contribution in [0.15, 0.2) is 60.8 Å². The largest absolute Gasteiger partial charge is 0.469 e. The molecule has 8 nitrogen and oxygen atoms in total. The fraction of sp³-hybridized carbons (Fsp3) is 0.391. The molecular formula is C23H28N4O4. The Balaban J connectivity index is 1.73. The molecule has 3 rings (SSSR count). The highest BCUT2D eigenvalue weighted by Gasteiger charge is 2.32. The van der Waals surface area contributed by atoms with Gasteiger partial charge >= 0.3 is 5.97 Å². The molecule has 1 aliphatic rings. The van der Waals surface area contributed by atoms with E-state index in [-0.39, 0.29) is 17.9 Å². The number of hydrogen-bond donors (Lipinski definition) is 0. The molecule has 1 amide bonds. The second kappa shape index (κ2) is 10.1. The third kappa shape index (κ3) is 5.20. The lowest BCUT2D eigenvalue weighted by Crippen LogP contribution is -2.46. The van der Waals surface area contributed by atoms with E-state index in [1.807, 2.05) is 30.0 Å². The van der Waals surface area contributed by atoms with Gasteiger partial charge in [0.05, 0.1) is 35.8 Å². The summed E-state index contributed by atoms with van der Waals surface area (Å²) in [5.41, 5.74) is 1.53. The number of para-hydroxylation sites is 1. The molecule has 0 N–H and O–H groups in total. The van der Waals surface area contributed by atoms with Crippen LogP contribution in [-0.2, 0) is 14.3 Å². The summed E-state index contributed by atoms with van der Waals surface area (Å²) in [4.78, 5) is 28.5. The van der Waals surface area contributed by atoms with Crippen LogP contribution in [0, 0.1) is 5.92 Å². The van der Waals surface area contributed by atoms with Gasteiger partial charge in [0.15, 0.2) is 0 Å². The number of esters is 1. The van der Waals surface area contributed by atoms with Gasteiger partial charge in [-0.3, -0.25) is 4.79 Å². The molecule has 0 saturated carbocycles. The highest BCUT2D eigenvalue weighted by Crippen LogP contribution is 2.29. The number of carbonyl (C=O) groups is 2. The number of aromatic nitrogens is 3. The van der Waals surface area contributed by atoms with E-state index in [1.165, 1.54) is 11.1 Å². The minimum Gasteiger partial charge on any atom is -0.469 e. The van der Waals surface area contributed by atoms with Crippen LogP contribution in [0.2, 0.25) is 0 Å². The van der Waals surface area contributed by atoms with Crippen molar-refractivity contribution >= 4 is 11.9 Å². The molecule has 31 heavy (non-hydrogen) atoms. The van der Waals surface area contributed by atoms with E-state index < -0.39 is 5.97 Å². The first kappa shape index (κ1) is 22.3. The highest BCUT2D eigenvalue weighted by atomic mass is 16.5. The molecule has 2 heterocycles. The van der Waals surface area contributed by atoms with Gasteiger partial charge in [-0.05, 0) is 45.7 Å². The molecule has 1 saturated heterocycles. The molecule has 1 aliphatic heterocycles. The van der Waals surface area contributed by atoms with E-state index in [0.717, 1.165) is 12.8 Å². The molecular weight excluding hydrogens is 396 g/mol. The van der Waals surface area contributed by atoms with Crippen molar-refractivity contribution in [3.8, 4) is 5.69 Å². The molecule has 0 radical (unpaired) electrons. The maximum absolute atomic E-state index is 13.4. The molecule has 1 aromatic carbocycles. The summed E-state index contributed by atoms with van der Waals surface area (Å²) in [5.74, 6) is -0.0267. The quantitative estimate of drug-likeness (QED) is 0.384. The first-order chi connectivity index (χ1) is 14.9. The lowest BCUT2D eigenvalue weighted by atomic mass is 9.91. The van der Waals surface area contributed by atoms with E-state index >= 15 is 0 Å². The molecule has 0 aliphatic carbocycles. The van der Waals surface area contributed by atoms with E-state index in [1.54, 1.807) is 32.3 Å². The van der Waals surface area contributed by atoms with E-state index in [9.17, 15) is 9.59 Å². The first-order valence-electron chi connectivity index (χ1n) is 10.4. The smallest absolute Gasteiger partial charge is 0.336 e. The Bertz CT molecular complexity index is 968. The van der Waals surface area contributed by atoms with Crippen molar-refractivity contribution < 1.29 is 19.1 Å². The lowest BCUT2D eigenvalue weighted by molar-refractivity contribution is -0.138. The second-order valence-corrected chi connectivity index (χ2v) is 7.52. The summed E-state index contributed by atoms with van der Waals surface area (Å²) >= 11 is 0. The molecule has 0 spiro atoms. The van der Waals surface area contributed by atoms with Crippen LogP contribution in [0.1, 0.15) is 44.0 Å². The zero-order chi connectivity index (χ0) is 22.4. The van der Waals surface area contributed by atoms with Crippen LogP contribution in [0.4, 0.5) is 0 Å². The standard InChI is InChI=1S/C23H28N4O4/c1-5-30-23(29)16(2)15-31-18(4)19-11-10-17(3)26(14-19)22(28)20-8-6-7-9-21(20)27-24-12-13-25-27/h6-9,12-13,15,17,19H,4-5,10-11,14H2,1-3H3/b16-15+/t17-,19-/m1/s1. The maximum Gasteiger partial charge on any atom is 0.336 e. The molecule has 2 atom stereocenters. The van der Waals surface area contributed by atoms with Gasteiger partial charge < -0.3 is 14.4 Å². The summed E-state index contributed by atoms with van der Waals surface area (Å²) in [7, 11) is 0. The second-order valence-electron chi connectivity index (χ2n) is 7.52. The fourth-order valence-electron chi connectivity index (χ4n) is 3.53. The number of rotatable bonds is 7. The van der Waals surface area contributed by atoms with Gasteiger partial charge in [-0.2, -0.15) is 15.0 Å². The summed E-state index contributed by atoms with van der Waals surface area (Å²) < 4.78 is 10.6. The van der Waals surface area contributed by atoms with Crippen LogP contribution in [-0.4, -0.2) is 51.0 Å². The lowest BCUT2D eigenvalue weighted by Gasteiger charge is -2.38. The number of piperidine rings is 1. The number of likely N-dealkylation sites (tertiary alicyclic amines) is 1. The molecule has 8 heteroatoms. The average Bonchev–Trinajstić information content (AvgIpc) is 3.32. The fourth-order valence-corrected chi connectivity index (χ4v) is 3.53. The minimum atomic E-state index is -0.423. The molecule has 0 unspecified atom stereocenters. The first-order valence-corrected chi connectivity index (χ1v) is 10.4. The Morgan fingerprint density at radius 1 is 1.23 bits per heavy atom. The third-order valence-electron chi connectivity index (χ3n) is 5.35. The van der Waals surface area contributed by atoms with Crippen LogP contribution >= 0.6 is 0 Å². The molecule has 1 fully saturated rings. The maximum atomic E-state index is 13.4. The van der Waals surface area contributed by atoms with Crippen LogP contribution in [0.25, 0.3) is 5.69 Å². The summed E-state index contributed by atoms with van der Waals surface area (Å²) in [6, 6.07) is 7.37. The van der Waals surface area contributed by atoms with Gasteiger partial charge in [0, 0.05) is 18.5 Å². The van der Waals surface area contributed by atoms with Crippen molar-refractivity contribution in [2.24, 2.45) is 5.92 Å². The van der Waals surface area contributed by atoms with Gasteiger partial charge in [-0.15, -0.1) is 0 Å². The Morgan fingerprint density at radius 3 is 2.65 bits per heavy atom. The topological polar surface area (TPSA) is 86.5 Å². The van der Waals surface area contributed by atoms with E-state index in [0.29, 0.717) is 35.7 Å². The molecule has 2 aromatic rings. The Labute approximate surface area is 182 Å². The SMILES string of the molecule is C=C(O/C=C(\C)C(=O)OCC)[C@@H]1CC[C@@H](C)N(C(=O)c2ccccc2-n2nccn2)C1. The van der Waals surface area contributed by atoms with Crippen LogP contribution in [0.3, 0.4) is 0 Å². The molecule has 0 bridgehead atoms. The van der Waals surface area contributed by atoms with Crippen molar-refractivity contribution in [3.63, 3.8) is 0 Å². The monoisotopic (exact) mass is 424 g/mol. The zero-order valence-electron chi connectivity index (χ0n) is 18.2. The zero-order valence-corrected chi connectivity index (χ0v) is 18.2. The van der Waals surface area contributed by atoms with Gasteiger partial charge in [0.2, 0.25) is 0 Å². The molecule has 164 valence electrons. The van der Waals surface area contributed by atoms with Crippen molar-refractivity contribution in [2.45, 2.75) is 39.7 Å². The van der Waals surface area contributed by atoms with Crippen molar-refractivity contribution in [1.82, 2.24) is 19.9 Å². The van der Waals surface area contributed by atoms with Gasteiger partial charge in [0.1, 0.15) is 12.0 Å². The number of benzene rings is 1. The predicted octanol–water partition coefficient (Wildman–Crippen LogP) is 3.51. The Hall–Kier alpha value is -3.42. The molecule has 1 aromatic heterocycles. The van der Waals surface area contributed by atoms with Gasteiger partial charge in [-0.25, -0.2) is 4.79 Å². The van der Waals surface area contributed by atoms with Crippen LogP contribution in [0.5, 0.6) is 0 Å². The number of hydrogen-bond acceptors (Lipinski definition) is 6.